The zero-order valence-corrected chi connectivity index (χ0v) is 36.1. The van der Waals surface area contributed by atoms with E-state index < -0.39 is 12.7 Å². The van der Waals surface area contributed by atoms with Gasteiger partial charge in [-0.25, -0.2) is 4.98 Å². The second-order valence-corrected chi connectivity index (χ2v) is 17.0. The summed E-state index contributed by atoms with van der Waals surface area (Å²) < 4.78 is 35.7. The molecule has 0 atom stereocenters. The fourth-order valence-corrected chi connectivity index (χ4v) is 8.45. The molecule has 62 heavy (non-hydrogen) atoms. The van der Waals surface area contributed by atoms with Gasteiger partial charge < -0.3 is 5.11 Å². The molecule has 0 aliphatic carbocycles. The first kappa shape index (κ1) is 35.7. The third kappa shape index (κ3) is 7.74. The van der Waals surface area contributed by atoms with E-state index in [0.717, 1.165) is 89.2 Å². The minimum absolute atomic E-state index is 0.0373. The first-order valence-electron chi connectivity index (χ1n) is 23.4. The number of phenolic OH excluding ortho intramolecular Hbond substituents is 1. The van der Waals surface area contributed by atoms with Crippen molar-refractivity contribution in [2.75, 3.05) is 0 Å². The summed E-state index contributed by atoms with van der Waals surface area (Å²) in [4.78, 5) is 10.5. The molecule has 0 amide bonds. The number of para-hydroxylation sites is 1. The van der Waals surface area contributed by atoms with Crippen molar-refractivity contribution in [2.24, 2.45) is 0 Å². The molecule has 0 bridgehead atoms. The van der Waals surface area contributed by atoms with Crippen molar-refractivity contribution in [3.63, 3.8) is 0 Å². The Morgan fingerprint density at radius 1 is 0.532 bits per heavy atom. The van der Waals surface area contributed by atoms with Crippen LogP contribution < -0.4 is 0 Å². The van der Waals surface area contributed by atoms with Gasteiger partial charge in [0.1, 0.15) is 11.6 Å². The molecule has 0 aliphatic heterocycles. The maximum absolute atomic E-state index is 12.3. The summed E-state index contributed by atoms with van der Waals surface area (Å²) in [5.74, 6) is 0.238. The number of phenols is 1. The second kappa shape index (κ2) is 16.8. The van der Waals surface area contributed by atoms with E-state index in [1.165, 1.54) is 0 Å². The molecular formula is C58H53N3O. The van der Waals surface area contributed by atoms with Crippen LogP contribution in [0.5, 0.6) is 5.75 Å². The highest BCUT2D eigenvalue weighted by Gasteiger charge is 2.25. The maximum atomic E-state index is 12.3. The summed E-state index contributed by atoms with van der Waals surface area (Å²) in [7, 11) is 0. The first-order valence-corrected chi connectivity index (χ1v) is 21.4. The average molecular weight is 812 g/mol. The number of aromatic hydroxyl groups is 1. The monoisotopic (exact) mass is 811 g/mol. The van der Waals surface area contributed by atoms with Gasteiger partial charge in [0.05, 0.1) is 28.0 Å². The zero-order valence-electron chi connectivity index (χ0n) is 40.1. The summed E-state index contributed by atoms with van der Waals surface area (Å²) in [5, 5.41) is 12.3. The minimum Gasteiger partial charge on any atom is -0.507 e. The Bertz CT molecular complexity index is 3220. The summed E-state index contributed by atoms with van der Waals surface area (Å²) >= 11 is 0. The fourth-order valence-electron chi connectivity index (χ4n) is 8.45. The van der Waals surface area contributed by atoms with Crippen molar-refractivity contribution < 1.29 is 10.6 Å². The molecule has 2 aromatic heterocycles. The van der Waals surface area contributed by atoms with E-state index >= 15 is 0 Å². The third-order valence-electron chi connectivity index (χ3n) is 11.9. The zero-order chi connectivity index (χ0) is 46.5. The van der Waals surface area contributed by atoms with Crippen molar-refractivity contribution >= 4 is 11.0 Å². The lowest BCUT2D eigenvalue weighted by molar-refractivity contribution is 0.466. The highest BCUT2D eigenvalue weighted by Crippen LogP contribution is 2.44. The smallest absolute Gasteiger partial charge is 0.149 e. The largest absolute Gasteiger partial charge is 0.507 e. The van der Waals surface area contributed by atoms with Gasteiger partial charge >= 0.3 is 0 Å². The minimum atomic E-state index is -2.33. The quantitative estimate of drug-likeness (QED) is 0.150. The number of hydrogen-bond donors (Lipinski definition) is 1. The summed E-state index contributed by atoms with van der Waals surface area (Å²) in [6.45, 7) is 9.94. The molecule has 1 N–H and O–H groups in total. The third-order valence-corrected chi connectivity index (χ3v) is 11.9. The molecule has 4 heteroatoms. The second-order valence-electron chi connectivity index (χ2n) is 17.0. The van der Waals surface area contributed by atoms with Crippen LogP contribution in [0.2, 0.25) is 0 Å². The van der Waals surface area contributed by atoms with Crippen LogP contribution in [0.25, 0.3) is 83.9 Å². The molecule has 4 nitrogen and oxygen atoms in total. The average Bonchev–Trinajstić information content (AvgIpc) is 3.70. The van der Waals surface area contributed by atoms with Crippen LogP contribution in [0.3, 0.4) is 0 Å². The lowest BCUT2D eigenvalue weighted by atomic mass is 9.91. The lowest BCUT2D eigenvalue weighted by Gasteiger charge is -2.19. The van der Waals surface area contributed by atoms with Crippen LogP contribution in [0.4, 0.5) is 0 Å². The van der Waals surface area contributed by atoms with Crippen LogP contribution in [-0.4, -0.2) is 19.6 Å². The van der Waals surface area contributed by atoms with E-state index in [-0.39, 0.29) is 23.1 Å². The Kier molecular flexibility index (Phi) is 9.66. The van der Waals surface area contributed by atoms with Crippen molar-refractivity contribution in [1.29, 1.82) is 0 Å². The Labute approximate surface area is 371 Å². The van der Waals surface area contributed by atoms with E-state index in [9.17, 15) is 5.11 Å². The molecule has 2 heterocycles. The Balaban J connectivity index is 1.32. The SMILES string of the molecule is [2H]C([2H])([2H])c1ccc(-n2c(-c3cc(C(C)C)cc(C(C)C)c3O)nc3c(-c4cc(-c5ccccc5)cc(-c5cc(-c6ccc(C([2H])(C)C)cc6)ccn5)c4)cccc32)c(-c2ccccc2)c1. The van der Waals surface area contributed by atoms with Crippen LogP contribution in [0, 0.1) is 6.85 Å². The molecule has 0 fully saturated rings. The highest BCUT2D eigenvalue weighted by molar-refractivity contribution is 5.98. The standard InChI is InChI=1S/C58H53N3O/c1-36(2)40-22-24-42(25-23-40)44-27-28-59-53(35-44)48-31-46(41-15-10-8-11-16-41)30-47(32-48)49-19-14-20-55-56(49)60-58(52-34-45(37(3)4)33-50(38(5)6)57(52)62)61(55)54-26-21-39(7)29-51(54)43-17-12-9-13-18-43/h8-38,62H,1-7H3/i7D3,36D. The predicted molar refractivity (Wildman–Crippen MR) is 260 cm³/mol. The Morgan fingerprint density at radius 2 is 1.23 bits per heavy atom. The van der Waals surface area contributed by atoms with Gasteiger partial charge in [0.25, 0.3) is 0 Å². The summed E-state index contributed by atoms with van der Waals surface area (Å²) in [6, 6.07) is 54.7. The topological polar surface area (TPSA) is 50.9 Å². The number of fused-ring (bicyclic) bond motifs is 1. The van der Waals surface area contributed by atoms with Gasteiger partial charge in [-0.1, -0.05) is 156 Å². The van der Waals surface area contributed by atoms with Gasteiger partial charge in [-0.05, 0) is 129 Å². The highest BCUT2D eigenvalue weighted by atomic mass is 16.3. The van der Waals surface area contributed by atoms with Crippen molar-refractivity contribution in [1.82, 2.24) is 14.5 Å². The van der Waals surface area contributed by atoms with Gasteiger partial charge in [0.2, 0.25) is 0 Å². The van der Waals surface area contributed by atoms with Gasteiger partial charge in [-0.15, -0.1) is 0 Å². The summed E-state index contributed by atoms with van der Waals surface area (Å²) in [6.07, 6.45) is 1.85. The number of imidazole rings is 1. The van der Waals surface area contributed by atoms with Crippen molar-refractivity contribution in [3.8, 4) is 78.6 Å². The summed E-state index contributed by atoms with van der Waals surface area (Å²) in [5.41, 5.74) is 15.3. The molecule has 0 saturated carbocycles. The molecule has 0 saturated heterocycles. The van der Waals surface area contributed by atoms with E-state index in [2.05, 4.69) is 105 Å². The first-order chi connectivity index (χ1) is 31.5. The molecule has 7 aromatic carbocycles. The number of nitrogens with zero attached hydrogens (tertiary/aromatic N) is 3. The molecule has 9 rings (SSSR count). The van der Waals surface area contributed by atoms with E-state index in [0.29, 0.717) is 11.4 Å². The lowest BCUT2D eigenvalue weighted by Crippen LogP contribution is -2.03. The number of aromatic nitrogens is 3. The maximum Gasteiger partial charge on any atom is 0.149 e. The number of benzene rings is 7. The van der Waals surface area contributed by atoms with Gasteiger partial charge in [-0.2, -0.15) is 0 Å². The van der Waals surface area contributed by atoms with Gasteiger partial charge in [0, 0.05) is 28.4 Å². The normalized spacial score (nSPS) is 13.0. The Hall–Kier alpha value is -7.04. The number of hydrogen-bond acceptors (Lipinski definition) is 3. The van der Waals surface area contributed by atoms with E-state index in [1.54, 1.807) is 12.1 Å². The fraction of sp³-hybridized carbons (Fsp3) is 0.172. The number of rotatable bonds is 10. The molecule has 0 spiro atoms. The number of pyridine rings is 1. The molecule has 0 aliphatic rings. The molecule has 0 unspecified atom stereocenters. The number of aryl methyl sites for hydroxylation is 1. The van der Waals surface area contributed by atoms with Crippen molar-refractivity contribution in [2.45, 2.75) is 66.1 Å². The molecule has 306 valence electrons. The van der Waals surface area contributed by atoms with E-state index in [4.69, 9.17) is 15.5 Å². The van der Waals surface area contributed by atoms with Crippen molar-refractivity contribution in [3.05, 3.63) is 192 Å². The van der Waals surface area contributed by atoms with Crippen LogP contribution in [0.1, 0.15) is 87.0 Å². The molecule has 9 aromatic rings. The Morgan fingerprint density at radius 3 is 1.92 bits per heavy atom. The van der Waals surface area contributed by atoms with Crippen LogP contribution in [-0.2, 0) is 0 Å². The van der Waals surface area contributed by atoms with Crippen LogP contribution >= 0.6 is 0 Å². The van der Waals surface area contributed by atoms with Crippen LogP contribution in [0.15, 0.2) is 170 Å². The predicted octanol–water partition coefficient (Wildman–Crippen LogP) is 15.8. The van der Waals surface area contributed by atoms with Gasteiger partial charge in [0.15, 0.2) is 0 Å². The molecular weight excluding hydrogens is 755 g/mol. The van der Waals surface area contributed by atoms with Gasteiger partial charge in [-0.3, -0.25) is 9.55 Å². The molecule has 0 radical (unpaired) electrons. The van der Waals surface area contributed by atoms with E-state index in [1.807, 2.05) is 98.9 Å².